The van der Waals surface area contributed by atoms with Gasteiger partial charge in [0.1, 0.15) is 5.52 Å². The van der Waals surface area contributed by atoms with Crippen LogP contribution in [0.2, 0.25) is 0 Å². The van der Waals surface area contributed by atoms with Crippen LogP contribution in [0.25, 0.3) is 11.0 Å². The van der Waals surface area contributed by atoms with Crippen LogP contribution in [-0.2, 0) is 7.05 Å². The van der Waals surface area contributed by atoms with E-state index in [2.05, 4.69) is 27.9 Å². The van der Waals surface area contributed by atoms with Gasteiger partial charge in [0.15, 0.2) is 0 Å². The van der Waals surface area contributed by atoms with Crippen LogP contribution in [0.15, 0.2) is 18.2 Å². The van der Waals surface area contributed by atoms with Crippen LogP contribution in [0.3, 0.4) is 0 Å². The number of aromatic nitrogens is 3. The average molecular weight is 273 g/mol. The molecule has 2 unspecified atom stereocenters. The maximum absolute atomic E-state index is 12.3. The quantitative estimate of drug-likeness (QED) is 0.850. The Hall–Kier alpha value is -1.95. The van der Waals surface area contributed by atoms with E-state index in [0.29, 0.717) is 11.6 Å². The largest absolute Gasteiger partial charge is 0.349 e. The second-order valence-electron chi connectivity index (χ2n) is 5.47. The smallest absolute Gasteiger partial charge is 0.251 e. The van der Waals surface area contributed by atoms with E-state index in [1.54, 1.807) is 10.7 Å². The highest BCUT2D eigenvalue weighted by atomic mass is 16.1. The summed E-state index contributed by atoms with van der Waals surface area (Å²) in [5.74, 6) is -0.0309. The second-order valence-corrected chi connectivity index (χ2v) is 5.47. The van der Waals surface area contributed by atoms with Gasteiger partial charge >= 0.3 is 0 Å². The van der Waals surface area contributed by atoms with Crippen LogP contribution >= 0.6 is 0 Å². The summed E-state index contributed by atoms with van der Waals surface area (Å²) in [6.07, 6.45) is 1.95. The molecule has 0 spiro atoms. The van der Waals surface area contributed by atoms with Crippen molar-refractivity contribution >= 4 is 16.9 Å². The number of nitrogens with zero attached hydrogens (tertiary/aromatic N) is 3. The molecular weight excluding hydrogens is 254 g/mol. The molecule has 6 heteroatoms. The molecule has 1 aliphatic heterocycles. The molecule has 2 N–H and O–H groups in total. The van der Waals surface area contributed by atoms with Crippen molar-refractivity contribution in [3.05, 3.63) is 23.8 Å². The van der Waals surface area contributed by atoms with Crippen molar-refractivity contribution in [3.63, 3.8) is 0 Å². The van der Waals surface area contributed by atoms with Gasteiger partial charge in [-0.15, -0.1) is 5.10 Å². The standard InChI is InChI=1S/C14H19N5O/c1-9-7-11(5-6-15-9)16-14(20)10-3-4-13-12(8-10)17-18-19(13)2/h3-4,8-9,11,15H,5-7H2,1-2H3,(H,16,20). The van der Waals surface area contributed by atoms with Gasteiger partial charge < -0.3 is 10.6 Å². The zero-order chi connectivity index (χ0) is 14.1. The number of benzene rings is 1. The molecule has 1 aromatic carbocycles. The minimum atomic E-state index is -0.0309. The molecule has 1 aromatic heterocycles. The van der Waals surface area contributed by atoms with Crippen molar-refractivity contribution in [2.24, 2.45) is 7.05 Å². The summed E-state index contributed by atoms with van der Waals surface area (Å²) in [6.45, 7) is 3.10. The SMILES string of the molecule is CC1CC(NC(=O)c2ccc3c(c2)nnn3C)CCN1. The number of carbonyl (C=O) groups is 1. The molecule has 1 saturated heterocycles. The summed E-state index contributed by atoms with van der Waals surface area (Å²) >= 11 is 0. The molecule has 1 amide bonds. The van der Waals surface area contributed by atoms with Gasteiger partial charge in [0, 0.05) is 24.7 Å². The number of aryl methyl sites for hydroxylation is 1. The normalized spacial score (nSPS) is 22.9. The van der Waals surface area contributed by atoms with Crippen LogP contribution in [0.4, 0.5) is 0 Å². The fourth-order valence-corrected chi connectivity index (χ4v) is 2.71. The summed E-state index contributed by atoms with van der Waals surface area (Å²) in [5, 5.41) is 14.5. The van der Waals surface area contributed by atoms with E-state index < -0.39 is 0 Å². The molecule has 2 heterocycles. The van der Waals surface area contributed by atoms with Gasteiger partial charge in [0.25, 0.3) is 5.91 Å². The Bertz CT molecular complexity index is 636. The fraction of sp³-hybridized carbons (Fsp3) is 0.500. The van der Waals surface area contributed by atoms with E-state index in [1.807, 2.05) is 19.2 Å². The Balaban J connectivity index is 1.74. The van der Waals surface area contributed by atoms with E-state index >= 15 is 0 Å². The highest BCUT2D eigenvalue weighted by Gasteiger charge is 2.20. The summed E-state index contributed by atoms with van der Waals surface area (Å²) in [6, 6.07) is 6.20. The molecule has 0 saturated carbocycles. The highest BCUT2D eigenvalue weighted by molar-refractivity contribution is 5.97. The average Bonchev–Trinajstić information content (AvgIpc) is 2.80. The Morgan fingerprint density at radius 2 is 2.35 bits per heavy atom. The van der Waals surface area contributed by atoms with Crippen molar-refractivity contribution in [2.75, 3.05) is 6.54 Å². The third kappa shape index (κ3) is 2.51. The predicted octanol–water partition coefficient (Wildman–Crippen LogP) is 0.839. The third-order valence-corrected chi connectivity index (χ3v) is 3.83. The van der Waals surface area contributed by atoms with E-state index in [0.717, 1.165) is 30.4 Å². The molecule has 3 rings (SSSR count). The van der Waals surface area contributed by atoms with Gasteiger partial charge in [-0.2, -0.15) is 0 Å². The lowest BCUT2D eigenvalue weighted by Crippen LogP contribution is -2.46. The van der Waals surface area contributed by atoms with Crippen LogP contribution < -0.4 is 10.6 Å². The lowest BCUT2D eigenvalue weighted by molar-refractivity contribution is 0.0926. The van der Waals surface area contributed by atoms with Crippen molar-refractivity contribution in [3.8, 4) is 0 Å². The van der Waals surface area contributed by atoms with E-state index in [9.17, 15) is 4.79 Å². The number of nitrogens with one attached hydrogen (secondary N) is 2. The molecule has 1 aliphatic rings. The van der Waals surface area contributed by atoms with Crippen molar-refractivity contribution < 1.29 is 4.79 Å². The van der Waals surface area contributed by atoms with Gasteiger partial charge in [0.2, 0.25) is 0 Å². The number of hydrogen-bond donors (Lipinski definition) is 2. The van der Waals surface area contributed by atoms with Crippen molar-refractivity contribution in [2.45, 2.75) is 31.8 Å². The zero-order valence-corrected chi connectivity index (χ0v) is 11.8. The topological polar surface area (TPSA) is 71.8 Å². The van der Waals surface area contributed by atoms with Crippen LogP contribution in [-0.4, -0.2) is 39.5 Å². The van der Waals surface area contributed by atoms with Crippen LogP contribution in [0.5, 0.6) is 0 Å². The molecule has 106 valence electrons. The van der Waals surface area contributed by atoms with E-state index in [4.69, 9.17) is 0 Å². The first-order valence-electron chi connectivity index (χ1n) is 6.97. The lowest BCUT2D eigenvalue weighted by atomic mass is 10.0. The number of carbonyl (C=O) groups excluding carboxylic acids is 1. The van der Waals surface area contributed by atoms with Crippen molar-refractivity contribution in [1.82, 2.24) is 25.6 Å². The molecule has 0 aliphatic carbocycles. The Morgan fingerprint density at radius 1 is 1.50 bits per heavy atom. The van der Waals surface area contributed by atoms with Gasteiger partial charge in [-0.25, -0.2) is 4.68 Å². The number of hydrogen-bond acceptors (Lipinski definition) is 4. The molecule has 2 aromatic rings. The first kappa shape index (κ1) is 13.1. The summed E-state index contributed by atoms with van der Waals surface area (Å²) in [4.78, 5) is 12.3. The molecule has 2 atom stereocenters. The molecule has 1 fully saturated rings. The number of piperidine rings is 1. The van der Waals surface area contributed by atoms with Crippen LogP contribution in [0, 0.1) is 0 Å². The molecular formula is C14H19N5O. The monoisotopic (exact) mass is 273 g/mol. The summed E-state index contributed by atoms with van der Waals surface area (Å²) in [5.41, 5.74) is 2.32. The van der Waals surface area contributed by atoms with Gasteiger partial charge in [-0.3, -0.25) is 4.79 Å². The number of rotatable bonds is 2. The summed E-state index contributed by atoms with van der Waals surface area (Å²) in [7, 11) is 1.84. The zero-order valence-electron chi connectivity index (χ0n) is 11.8. The Morgan fingerprint density at radius 3 is 3.15 bits per heavy atom. The van der Waals surface area contributed by atoms with Gasteiger partial charge in [-0.05, 0) is 44.5 Å². The van der Waals surface area contributed by atoms with Crippen LogP contribution in [0.1, 0.15) is 30.1 Å². The molecule has 6 nitrogen and oxygen atoms in total. The predicted molar refractivity (Wildman–Crippen MR) is 76.5 cm³/mol. The first-order valence-corrected chi connectivity index (χ1v) is 6.97. The Kier molecular flexibility index (Phi) is 3.40. The Labute approximate surface area is 117 Å². The fourth-order valence-electron chi connectivity index (χ4n) is 2.71. The van der Waals surface area contributed by atoms with E-state index in [-0.39, 0.29) is 11.9 Å². The van der Waals surface area contributed by atoms with E-state index in [1.165, 1.54) is 0 Å². The van der Waals surface area contributed by atoms with Crippen molar-refractivity contribution in [1.29, 1.82) is 0 Å². The van der Waals surface area contributed by atoms with Gasteiger partial charge in [0.05, 0.1) is 5.52 Å². The second kappa shape index (κ2) is 5.20. The molecule has 20 heavy (non-hydrogen) atoms. The number of amides is 1. The lowest BCUT2D eigenvalue weighted by Gasteiger charge is -2.28. The minimum Gasteiger partial charge on any atom is -0.349 e. The van der Waals surface area contributed by atoms with Gasteiger partial charge in [-0.1, -0.05) is 5.21 Å². The number of fused-ring (bicyclic) bond motifs is 1. The maximum atomic E-state index is 12.3. The first-order chi connectivity index (χ1) is 9.63. The maximum Gasteiger partial charge on any atom is 0.251 e. The minimum absolute atomic E-state index is 0.0309. The molecule has 0 radical (unpaired) electrons. The third-order valence-electron chi connectivity index (χ3n) is 3.83. The molecule has 0 bridgehead atoms. The highest BCUT2D eigenvalue weighted by Crippen LogP contribution is 2.14. The summed E-state index contributed by atoms with van der Waals surface area (Å²) < 4.78 is 1.70.